The van der Waals surface area contributed by atoms with Gasteiger partial charge in [0.2, 0.25) is 0 Å². The highest BCUT2D eigenvalue weighted by atomic mass is 16.1. The molecule has 5 heteroatoms. The molecule has 2 heterocycles. The van der Waals surface area contributed by atoms with Gasteiger partial charge in [0.05, 0.1) is 0 Å². The monoisotopic (exact) mass is 276 g/mol. The van der Waals surface area contributed by atoms with Gasteiger partial charge in [0.15, 0.2) is 0 Å². The summed E-state index contributed by atoms with van der Waals surface area (Å²) in [5.74, 6) is 0.606. The van der Waals surface area contributed by atoms with Crippen molar-refractivity contribution in [3.63, 3.8) is 0 Å². The molecule has 2 rings (SSSR count). The first-order valence-electron chi connectivity index (χ1n) is 7.22. The maximum Gasteiger partial charge on any atom is 0.251 e. The van der Waals surface area contributed by atoms with E-state index < -0.39 is 0 Å². The van der Waals surface area contributed by atoms with Gasteiger partial charge >= 0.3 is 0 Å². The molecule has 110 valence electrons. The number of nitrogen functional groups attached to an aromatic ring is 1. The number of rotatable bonds is 3. The van der Waals surface area contributed by atoms with E-state index in [-0.39, 0.29) is 17.9 Å². The molecule has 1 unspecified atom stereocenters. The molecule has 0 bridgehead atoms. The summed E-state index contributed by atoms with van der Waals surface area (Å²) in [6.07, 6.45) is 2.16. The molecule has 0 saturated carbocycles. The quantitative estimate of drug-likeness (QED) is 0.880. The maximum atomic E-state index is 12.3. The van der Waals surface area contributed by atoms with E-state index >= 15 is 0 Å². The topological polar surface area (TPSA) is 71.2 Å². The van der Waals surface area contributed by atoms with Crippen molar-refractivity contribution < 1.29 is 4.79 Å². The zero-order valence-corrected chi connectivity index (χ0v) is 12.5. The summed E-state index contributed by atoms with van der Waals surface area (Å²) in [6, 6.07) is 3.70. The first-order valence-corrected chi connectivity index (χ1v) is 7.22. The minimum Gasteiger partial charge on any atom is -0.384 e. The first-order chi connectivity index (χ1) is 9.45. The molecule has 20 heavy (non-hydrogen) atoms. The molecule has 1 aliphatic rings. The number of likely N-dealkylation sites (N-methyl/N-ethyl adjacent to an activating group) is 1. The Hall–Kier alpha value is -1.62. The van der Waals surface area contributed by atoms with Crippen LogP contribution >= 0.6 is 0 Å². The fraction of sp³-hybridized carbons (Fsp3) is 0.600. The average Bonchev–Trinajstić information content (AvgIpc) is 2.37. The predicted molar refractivity (Wildman–Crippen MR) is 80.7 cm³/mol. The molecule has 1 amide bonds. The van der Waals surface area contributed by atoms with Crippen LogP contribution in [0.2, 0.25) is 0 Å². The Labute approximate surface area is 120 Å². The van der Waals surface area contributed by atoms with E-state index in [9.17, 15) is 4.79 Å². The number of carbonyl (C=O) groups excluding carboxylic acids is 1. The second-order valence-corrected chi connectivity index (χ2v) is 5.94. The average molecular weight is 276 g/mol. The van der Waals surface area contributed by atoms with Crippen LogP contribution in [0.15, 0.2) is 12.1 Å². The fourth-order valence-corrected chi connectivity index (χ4v) is 2.55. The molecule has 0 aliphatic carbocycles. The summed E-state index contributed by atoms with van der Waals surface area (Å²) >= 11 is 0. The molecule has 0 radical (unpaired) electrons. The lowest BCUT2D eigenvalue weighted by molar-refractivity contribution is 0.0912. The number of likely N-dealkylation sites (tertiary alicyclic amines) is 1. The van der Waals surface area contributed by atoms with Crippen molar-refractivity contribution in [2.24, 2.45) is 0 Å². The third-order valence-corrected chi connectivity index (χ3v) is 3.68. The summed E-state index contributed by atoms with van der Waals surface area (Å²) in [5.41, 5.74) is 7.25. The fourth-order valence-electron chi connectivity index (χ4n) is 2.55. The summed E-state index contributed by atoms with van der Waals surface area (Å²) in [5, 5.41) is 3.09. The number of anilines is 1. The molecule has 1 fully saturated rings. The SMILES string of the molecule is CC(C)c1cc(C(=O)NC2CCCN(C)C2)cc(N)n1. The van der Waals surface area contributed by atoms with Gasteiger partial charge in [0, 0.05) is 23.8 Å². The minimum atomic E-state index is -0.0544. The lowest BCUT2D eigenvalue weighted by atomic mass is 10.0. The number of aromatic nitrogens is 1. The standard InChI is InChI=1S/C15H24N4O/c1-10(2)13-7-11(8-14(16)18-13)15(20)17-12-5-4-6-19(3)9-12/h7-8,10,12H,4-6,9H2,1-3H3,(H2,16,18)(H,17,20). The lowest BCUT2D eigenvalue weighted by Gasteiger charge is -2.30. The third-order valence-electron chi connectivity index (χ3n) is 3.68. The molecule has 1 saturated heterocycles. The van der Waals surface area contributed by atoms with Gasteiger partial charge in [-0.2, -0.15) is 0 Å². The first kappa shape index (κ1) is 14.8. The number of piperidine rings is 1. The third kappa shape index (κ3) is 3.70. The van der Waals surface area contributed by atoms with Gasteiger partial charge < -0.3 is 16.0 Å². The second-order valence-electron chi connectivity index (χ2n) is 5.94. The summed E-state index contributed by atoms with van der Waals surface area (Å²) < 4.78 is 0. The Morgan fingerprint density at radius 1 is 1.50 bits per heavy atom. The van der Waals surface area contributed by atoms with Crippen LogP contribution in [0.1, 0.15) is 48.7 Å². The van der Waals surface area contributed by atoms with Crippen molar-refractivity contribution in [2.45, 2.75) is 38.6 Å². The van der Waals surface area contributed by atoms with E-state index in [0.717, 1.165) is 31.6 Å². The molecular weight excluding hydrogens is 252 g/mol. The van der Waals surface area contributed by atoms with Crippen LogP contribution in [0.4, 0.5) is 5.82 Å². The second kappa shape index (κ2) is 6.22. The molecule has 0 aromatic carbocycles. The van der Waals surface area contributed by atoms with Crippen molar-refractivity contribution in [1.82, 2.24) is 15.2 Å². The maximum absolute atomic E-state index is 12.3. The van der Waals surface area contributed by atoms with Gasteiger partial charge in [-0.15, -0.1) is 0 Å². The number of nitrogens with one attached hydrogen (secondary N) is 1. The molecule has 1 atom stereocenters. The van der Waals surface area contributed by atoms with E-state index in [1.54, 1.807) is 6.07 Å². The van der Waals surface area contributed by atoms with E-state index in [4.69, 9.17) is 5.73 Å². The number of pyridine rings is 1. The summed E-state index contributed by atoms with van der Waals surface area (Å²) in [4.78, 5) is 18.8. The Morgan fingerprint density at radius 2 is 2.25 bits per heavy atom. The van der Waals surface area contributed by atoms with Crippen molar-refractivity contribution in [2.75, 3.05) is 25.9 Å². The highest BCUT2D eigenvalue weighted by Crippen LogP contribution is 2.16. The van der Waals surface area contributed by atoms with Crippen LogP contribution in [0, 0.1) is 0 Å². The van der Waals surface area contributed by atoms with Crippen LogP contribution in [0.5, 0.6) is 0 Å². The lowest BCUT2D eigenvalue weighted by Crippen LogP contribution is -2.46. The molecule has 1 aromatic heterocycles. The van der Waals surface area contributed by atoms with Crippen LogP contribution in [0.3, 0.4) is 0 Å². The normalized spacial score (nSPS) is 20.1. The zero-order valence-electron chi connectivity index (χ0n) is 12.5. The van der Waals surface area contributed by atoms with E-state index in [2.05, 4.69) is 22.2 Å². The van der Waals surface area contributed by atoms with Gasteiger partial charge in [0.25, 0.3) is 5.91 Å². The van der Waals surface area contributed by atoms with Crippen molar-refractivity contribution in [3.05, 3.63) is 23.4 Å². The number of hydrogen-bond donors (Lipinski definition) is 2. The molecule has 5 nitrogen and oxygen atoms in total. The number of nitrogens with two attached hydrogens (primary N) is 1. The number of amides is 1. The van der Waals surface area contributed by atoms with Gasteiger partial charge in [-0.1, -0.05) is 13.8 Å². The predicted octanol–water partition coefficient (Wildman–Crippen LogP) is 1.61. The van der Waals surface area contributed by atoms with E-state index in [0.29, 0.717) is 11.4 Å². The zero-order chi connectivity index (χ0) is 14.7. The highest BCUT2D eigenvalue weighted by molar-refractivity contribution is 5.95. The Kier molecular flexibility index (Phi) is 4.60. The summed E-state index contributed by atoms with van der Waals surface area (Å²) in [6.45, 7) is 6.09. The Bertz CT molecular complexity index is 487. The Morgan fingerprint density at radius 3 is 2.90 bits per heavy atom. The molecule has 3 N–H and O–H groups in total. The minimum absolute atomic E-state index is 0.0544. The number of nitrogens with zero attached hydrogens (tertiary/aromatic N) is 2. The highest BCUT2D eigenvalue weighted by Gasteiger charge is 2.20. The number of hydrogen-bond acceptors (Lipinski definition) is 4. The van der Waals surface area contributed by atoms with Gasteiger partial charge in [-0.3, -0.25) is 4.79 Å². The summed E-state index contributed by atoms with van der Waals surface area (Å²) in [7, 11) is 2.08. The van der Waals surface area contributed by atoms with Crippen molar-refractivity contribution >= 4 is 11.7 Å². The van der Waals surface area contributed by atoms with Gasteiger partial charge in [-0.05, 0) is 44.5 Å². The largest absolute Gasteiger partial charge is 0.384 e. The van der Waals surface area contributed by atoms with Gasteiger partial charge in [-0.25, -0.2) is 4.98 Å². The van der Waals surface area contributed by atoms with Crippen LogP contribution in [-0.4, -0.2) is 42.0 Å². The molecule has 0 spiro atoms. The van der Waals surface area contributed by atoms with Crippen LogP contribution < -0.4 is 11.1 Å². The van der Waals surface area contributed by atoms with Gasteiger partial charge in [0.1, 0.15) is 5.82 Å². The van der Waals surface area contributed by atoms with E-state index in [1.165, 1.54) is 0 Å². The Balaban J connectivity index is 2.08. The van der Waals surface area contributed by atoms with Crippen LogP contribution in [0.25, 0.3) is 0 Å². The molecule has 1 aliphatic heterocycles. The number of carbonyl (C=O) groups is 1. The van der Waals surface area contributed by atoms with Crippen molar-refractivity contribution in [1.29, 1.82) is 0 Å². The van der Waals surface area contributed by atoms with Crippen molar-refractivity contribution in [3.8, 4) is 0 Å². The van der Waals surface area contributed by atoms with Crippen LogP contribution in [-0.2, 0) is 0 Å². The smallest absolute Gasteiger partial charge is 0.251 e. The van der Waals surface area contributed by atoms with E-state index in [1.807, 2.05) is 19.9 Å². The molecular formula is C15H24N4O. The molecule has 1 aromatic rings.